The van der Waals surface area contributed by atoms with Crippen molar-refractivity contribution in [2.75, 3.05) is 33.4 Å². The molecule has 1 aliphatic heterocycles. The van der Waals surface area contributed by atoms with Crippen molar-refractivity contribution in [1.29, 1.82) is 0 Å². The molecule has 0 atom stereocenters. The normalized spacial score (nSPS) is 16.4. The number of likely N-dealkylation sites (tertiary alicyclic amines) is 1. The Morgan fingerprint density at radius 3 is 2.57 bits per heavy atom. The highest BCUT2D eigenvalue weighted by Gasteiger charge is 2.22. The Morgan fingerprint density at radius 1 is 1.03 bits per heavy atom. The van der Waals surface area contributed by atoms with Gasteiger partial charge in [-0.1, -0.05) is 24.9 Å². The number of nitrogens with zero attached hydrogens (tertiary/aromatic N) is 4. The van der Waals surface area contributed by atoms with Gasteiger partial charge in [0.25, 0.3) is 5.89 Å². The van der Waals surface area contributed by atoms with Crippen molar-refractivity contribution in [3.63, 3.8) is 0 Å². The van der Waals surface area contributed by atoms with Gasteiger partial charge >= 0.3 is 0 Å². The van der Waals surface area contributed by atoms with Crippen molar-refractivity contribution >= 4 is 0 Å². The van der Waals surface area contributed by atoms with E-state index in [9.17, 15) is 0 Å². The van der Waals surface area contributed by atoms with E-state index in [4.69, 9.17) is 19.0 Å². The molecule has 7 heteroatoms. The number of methoxy groups -OCH3 is 1. The van der Waals surface area contributed by atoms with Crippen LogP contribution in [0, 0.1) is 6.92 Å². The van der Waals surface area contributed by atoms with Crippen LogP contribution in [0.3, 0.4) is 0 Å². The summed E-state index contributed by atoms with van der Waals surface area (Å²) in [6.45, 7) is 8.57. The molecule has 3 aromatic rings. The van der Waals surface area contributed by atoms with Gasteiger partial charge in [-0.25, -0.2) is 4.98 Å². The van der Waals surface area contributed by atoms with Gasteiger partial charge in [-0.2, -0.15) is 4.98 Å². The van der Waals surface area contributed by atoms with Gasteiger partial charge in [0, 0.05) is 35.3 Å². The van der Waals surface area contributed by atoms with E-state index in [1.54, 1.807) is 7.11 Å². The van der Waals surface area contributed by atoms with E-state index in [1.807, 2.05) is 6.07 Å². The predicted octanol–water partition coefficient (Wildman–Crippen LogP) is 5.81. The molecule has 1 aliphatic carbocycles. The summed E-state index contributed by atoms with van der Waals surface area (Å²) in [5.41, 5.74) is 5.12. The van der Waals surface area contributed by atoms with Crippen LogP contribution in [0.1, 0.15) is 68.2 Å². The fraction of sp³-hybridized carbons (Fsp3) is 0.536. The highest BCUT2D eigenvalue weighted by atomic mass is 16.5. The number of ether oxygens (including phenoxy) is 2. The van der Waals surface area contributed by atoms with E-state index in [1.165, 1.54) is 50.8 Å². The molecule has 7 nitrogen and oxygen atoms in total. The van der Waals surface area contributed by atoms with Gasteiger partial charge in [-0.05, 0) is 81.4 Å². The average Bonchev–Trinajstić information content (AvgIpc) is 3.56. The molecular weight excluding hydrogens is 440 g/mol. The van der Waals surface area contributed by atoms with Crippen LogP contribution in [0.5, 0.6) is 11.6 Å². The monoisotopic (exact) mass is 476 g/mol. The van der Waals surface area contributed by atoms with Gasteiger partial charge in [0.15, 0.2) is 0 Å². The standard InChI is InChI=1S/C28H36N4O3/c1-4-20-16-22(15-19(2)26(20)34-14-8-13-32-11-7-12-32)27-30-28(35-31-27)23-17-24(21-9-5-6-10-21)29-25(18-23)33-3/h15-18,21H,4-14H2,1-3H3. The zero-order valence-electron chi connectivity index (χ0n) is 21.2. The Balaban J connectivity index is 1.35. The molecule has 186 valence electrons. The molecule has 0 N–H and O–H groups in total. The van der Waals surface area contributed by atoms with Crippen LogP contribution in [0.15, 0.2) is 28.8 Å². The second-order valence-corrected chi connectivity index (χ2v) is 9.76. The van der Waals surface area contributed by atoms with E-state index in [2.05, 4.69) is 47.1 Å². The highest BCUT2D eigenvalue weighted by Crippen LogP contribution is 2.36. The second kappa shape index (κ2) is 10.8. The number of hydrogen-bond acceptors (Lipinski definition) is 7. The summed E-state index contributed by atoms with van der Waals surface area (Å²) in [6.07, 6.45) is 8.10. The third kappa shape index (κ3) is 5.35. The molecule has 2 fully saturated rings. The Morgan fingerprint density at radius 2 is 1.86 bits per heavy atom. The molecule has 1 saturated heterocycles. The molecule has 0 radical (unpaired) electrons. The SMILES string of the molecule is CCc1cc(-c2noc(-c3cc(OC)nc(C4CCCC4)c3)n2)cc(C)c1OCCCN1CCC1. The molecule has 5 rings (SSSR count). The number of pyridine rings is 1. The van der Waals surface area contributed by atoms with Crippen molar-refractivity contribution in [1.82, 2.24) is 20.0 Å². The summed E-state index contributed by atoms with van der Waals surface area (Å²) in [7, 11) is 1.65. The molecule has 0 spiro atoms. The molecule has 0 bridgehead atoms. The van der Waals surface area contributed by atoms with Gasteiger partial charge in [0.2, 0.25) is 11.7 Å². The van der Waals surface area contributed by atoms with Gasteiger partial charge in [0.05, 0.1) is 13.7 Å². The molecule has 0 amide bonds. The van der Waals surface area contributed by atoms with Crippen LogP contribution in [0.25, 0.3) is 22.8 Å². The summed E-state index contributed by atoms with van der Waals surface area (Å²) in [5.74, 6) is 3.12. The number of aryl methyl sites for hydroxylation is 2. The van der Waals surface area contributed by atoms with Gasteiger partial charge in [-0.3, -0.25) is 0 Å². The zero-order valence-corrected chi connectivity index (χ0v) is 21.2. The first-order valence-corrected chi connectivity index (χ1v) is 13.0. The molecule has 1 saturated carbocycles. The fourth-order valence-corrected chi connectivity index (χ4v) is 5.16. The van der Waals surface area contributed by atoms with Crippen molar-refractivity contribution < 1.29 is 14.0 Å². The molecule has 3 heterocycles. The minimum absolute atomic E-state index is 0.472. The second-order valence-electron chi connectivity index (χ2n) is 9.76. The van der Waals surface area contributed by atoms with Crippen LogP contribution in [-0.2, 0) is 6.42 Å². The van der Waals surface area contributed by atoms with Crippen LogP contribution >= 0.6 is 0 Å². The summed E-state index contributed by atoms with van der Waals surface area (Å²) < 4.78 is 17.4. The van der Waals surface area contributed by atoms with Crippen molar-refractivity contribution in [3.05, 3.63) is 41.1 Å². The van der Waals surface area contributed by atoms with Crippen LogP contribution in [-0.4, -0.2) is 53.4 Å². The number of aromatic nitrogens is 3. The van der Waals surface area contributed by atoms with Gasteiger partial charge < -0.3 is 18.9 Å². The van der Waals surface area contributed by atoms with Crippen LogP contribution < -0.4 is 9.47 Å². The smallest absolute Gasteiger partial charge is 0.258 e. The van der Waals surface area contributed by atoms with E-state index in [0.717, 1.165) is 54.1 Å². The molecule has 2 aliphatic rings. The summed E-state index contributed by atoms with van der Waals surface area (Å²) in [4.78, 5) is 11.9. The first-order valence-electron chi connectivity index (χ1n) is 13.0. The van der Waals surface area contributed by atoms with Crippen molar-refractivity contribution in [2.24, 2.45) is 0 Å². The highest BCUT2D eigenvalue weighted by molar-refractivity contribution is 5.64. The lowest BCUT2D eigenvalue weighted by atomic mass is 10.0. The fourth-order valence-electron chi connectivity index (χ4n) is 5.16. The van der Waals surface area contributed by atoms with E-state index >= 15 is 0 Å². The predicted molar refractivity (Wildman–Crippen MR) is 136 cm³/mol. The minimum Gasteiger partial charge on any atom is -0.493 e. The third-order valence-electron chi connectivity index (χ3n) is 7.28. The van der Waals surface area contributed by atoms with E-state index in [-0.39, 0.29) is 0 Å². The molecule has 0 unspecified atom stereocenters. The average molecular weight is 477 g/mol. The first kappa shape index (κ1) is 23.8. The minimum atomic E-state index is 0.472. The van der Waals surface area contributed by atoms with Crippen LogP contribution in [0.2, 0.25) is 0 Å². The lowest BCUT2D eigenvalue weighted by Gasteiger charge is -2.30. The molecular formula is C28H36N4O3. The number of rotatable bonds is 10. The quantitative estimate of drug-likeness (QED) is 0.342. The Bertz CT molecular complexity index is 1150. The Labute approximate surface area is 207 Å². The number of benzene rings is 1. The zero-order chi connectivity index (χ0) is 24.2. The molecule has 1 aromatic carbocycles. The van der Waals surface area contributed by atoms with Crippen LogP contribution in [0.4, 0.5) is 0 Å². The van der Waals surface area contributed by atoms with E-state index < -0.39 is 0 Å². The lowest BCUT2D eigenvalue weighted by molar-refractivity contribution is 0.165. The number of hydrogen-bond donors (Lipinski definition) is 0. The third-order valence-corrected chi connectivity index (χ3v) is 7.28. The maximum Gasteiger partial charge on any atom is 0.258 e. The summed E-state index contributed by atoms with van der Waals surface area (Å²) in [6, 6.07) is 8.17. The van der Waals surface area contributed by atoms with Crippen molar-refractivity contribution in [2.45, 2.75) is 64.7 Å². The lowest BCUT2D eigenvalue weighted by Crippen LogP contribution is -2.38. The topological polar surface area (TPSA) is 73.5 Å². The Hall–Kier alpha value is -2.93. The largest absolute Gasteiger partial charge is 0.493 e. The van der Waals surface area contributed by atoms with Gasteiger partial charge in [-0.15, -0.1) is 0 Å². The van der Waals surface area contributed by atoms with Crippen molar-refractivity contribution in [3.8, 4) is 34.5 Å². The first-order chi connectivity index (χ1) is 17.1. The maximum atomic E-state index is 6.22. The van der Waals surface area contributed by atoms with E-state index in [0.29, 0.717) is 23.5 Å². The van der Waals surface area contributed by atoms with Gasteiger partial charge in [0.1, 0.15) is 5.75 Å². The maximum absolute atomic E-state index is 6.22. The Kier molecular flexibility index (Phi) is 7.32. The summed E-state index contributed by atoms with van der Waals surface area (Å²) in [5, 5.41) is 4.31. The molecule has 35 heavy (non-hydrogen) atoms. The molecule has 2 aromatic heterocycles. The summed E-state index contributed by atoms with van der Waals surface area (Å²) >= 11 is 0.